The summed E-state index contributed by atoms with van der Waals surface area (Å²) < 4.78 is 33.8. The molecule has 0 spiro atoms. The average Bonchev–Trinajstić information content (AvgIpc) is 2.13. The molecule has 0 amide bonds. The smallest absolute Gasteiger partial charge is 0.213 e. The van der Waals surface area contributed by atoms with Crippen LogP contribution >= 0.6 is 0 Å². The van der Waals surface area contributed by atoms with Gasteiger partial charge in [0.15, 0.2) is 0 Å². The van der Waals surface area contributed by atoms with Gasteiger partial charge in [-0.3, -0.25) is 0 Å². The van der Waals surface area contributed by atoms with Crippen LogP contribution in [0.25, 0.3) is 0 Å². The molecule has 0 rings (SSSR count). The third-order valence-corrected chi connectivity index (χ3v) is 2.76. The standard InChI is InChI=1S/C7H17NO5S/c1-12-3-4-14(10,11)8-5-7(9)6-13-2/h7-9H,3-6H2,1-2H3. The minimum atomic E-state index is -3.35. The highest BCUT2D eigenvalue weighted by atomic mass is 32.2. The van der Waals surface area contributed by atoms with Crippen LogP contribution < -0.4 is 4.72 Å². The van der Waals surface area contributed by atoms with Gasteiger partial charge in [-0.2, -0.15) is 0 Å². The first-order valence-electron chi connectivity index (χ1n) is 4.15. The molecule has 0 bridgehead atoms. The Morgan fingerprint density at radius 2 is 2.00 bits per heavy atom. The lowest BCUT2D eigenvalue weighted by Crippen LogP contribution is -2.36. The number of nitrogens with one attached hydrogen (secondary N) is 1. The quantitative estimate of drug-likeness (QED) is 0.530. The van der Waals surface area contributed by atoms with E-state index in [9.17, 15) is 8.42 Å². The van der Waals surface area contributed by atoms with Gasteiger partial charge < -0.3 is 14.6 Å². The highest BCUT2D eigenvalue weighted by Crippen LogP contribution is 1.87. The molecule has 2 N–H and O–H groups in total. The van der Waals surface area contributed by atoms with E-state index in [4.69, 9.17) is 5.11 Å². The molecule has 1 unspecified atom stereocenters. The zero-order valence-electron chi connectivity index (χ0n) is 8.39. The summed E-state index contributed by atoms with van der Waals surface area (Å²) in [6, 6.07) is 0. The molecule has 0 aliphatic heterocycles. The lowest BCUT2D eigenvalue weighted by Gasteiger charge is -2.10. The predicted molar refractivity (Wildman–Crippen MR) is 51.5 cm³/mol. The van der Waals surface area contributed by atoms with Crippen molar-refractivity contribution in [1.29, 1.82) is 0 Å². The van der Waals surface area contributed by atoms with Crippen LogP contribution in [0.2, 0.25) is 0 Å². The molecule has 0 aromatic heterocycles. The molecule has 7 heteroatoms. The highest BCUT2D eigenvalue weighted by molar-refractivity contribution is 7.89. The molecule has 6 nitrogen and oxygen atoms in total. The van der Waals surface area contributed by atoms with Crippen molar-refractivity contribution in [2.24, 2.45) is 0 Å². The Kier molecular flexibility index (Phi) is 7.02. The number of ether oxygens (including phenoxy) is 2. The zero-order valence-corrected chi connectivity index (χ0v) is 9.21. The molecule has 0 aromatic rings. The van der Waals surface area contributed by atoms with Gasteiger partial charge in [-0.1, -0.05) is 0 Å². The molecule has 0 radical (unpaired) electrons. The van der Waals surface area contributed by atoms with Gasteiger partial charge in [0, 0.05) is 20.8 Å². The van der Waals surface area contributed by atoms with E-state index in [0.717, 1.165) is 0 Å². The van der Waals surface area contributed by atoms with Crippen LogP contribution in [0.5, 0.6) is 0 Å². The van der Waals surface area contributed by atoms with Crippen molar-refractivity contribution in [3.05, 3.63) is 0 Å². The fourth-order valence-electron chi connectivity index (χ4n) is 0.740. The Bertz CT molecular complexity index is 228. The highest BCUT2D eigenvalue weighted by Gasteiger charge is 2.12. The third kappa shape index (κ3) is 7.22. The summed E-state index contributed by atoms with van der Waals surface area (Å²) in [5, 5.41) is 9.15. The maximum Gasteiger partial charge on any atom is 0.213 e. The van der Waals surface area contributed by atoms with Gasteiger partial charge >= 0.3 is 0 Å². The van der Waals surface area contributed by atoms with E-state index < -0.39 is 16.1 Å². The number of rotatable bonds is 8. The Balaban J connectivity index is 3.75. The number of methoxy groups -OCH3 is 2. The van der Waals surface area contributed by atoms with E-state index in [-0.39, 0.29) is 25.5 Å². The summed E-state index contributed by atoms with van der Waals surface area (Å²) in [5.41, 5.74) is 0. The topological polar surface area (TPSA) is 84.9 Å². The normalized spacial score (nSPS) is 14.2. The van der Waals surface area contributed by atoms with E-state index >= 15 is 0 Å². The van der Waals surface area contributed by atoms with Crippen LogP contribution in [0, 0.1) is 0 Å². The van der Waals surface area contributed by atoms with Crippen molar-refractivity contribution < 1.29 is 23.0 Å². The second-order valence-electron chi connectivity index (χ2n) is 2.77. The molecule has 0 saturated carbocycles. The minimum absolute atomic E-state index is 0.0418. The first-order valence-corrected chi connectivity index (χ1v) is 5.80. The van der Waals surface area contributed by atoms with Crippen molar-refractivity contribution in [2.45, 2.75) is 6.10 Å². The lowest BCUT2D eigenvalue weighted by atomic mass is 10.4. The Labute approximate surface area is 84.3 Å². The van der Waals surface area contributed by atoms with Crippen LogP contribution in [0.4, 0.5) is 0 Å². The van der Waals surface area contributed by atoms with Crippen molar-refractivity contribution in [3.63, 3.8) is 0 Å². The molecule has 0 saturated heterocycles. The second-order valence-corrected chi connectivity index (χ2v) is 4.70. The van der Waals surface area contributed by atoms with Crippen molar-refractivity contribution >= 4 is 10.0 Å². The number of hydrogen-bond donors (Lipinski definition) is 2. The van der Waals surface area contributed by atoms with Crippen molar-refractivity contribution in [2.75, 3.05) is 39.7 Å². The SMILES string of the molecule is COCCS(=O)(=O)NCC(O)COC. The molecule has 1 atom stereocenters. The summed E-state index contributed by atoms with van der Waals surface area (Å²) >= 11 is 0. The molecule has 0 heterocycles. The van der Waals surface area contributed by atoms with Crippen LogP contribution in [-0.4, -0.2) is 59.4 Å². The van der Waals surface area contributed by atoms with E-state index in [1.54, 1.807) is 0 Å². The molecule has 14 heavy (non-hydrogen) atoms. The minimum Gasteiger partial charge on any atom is -0.389 e. The molecule has 0 fully saturated rings. The van der Waals surface area contributed by atoms with Crippen LogP contribution in [0.3, 0.4) is 0 Å². The summed E-state index contributed by atoms with van der Waals surface area (Å²) in [4.78, 5) is 0. The third-order valence-electron chi connectivity index (χ3n) is 1.45. The zero-order chi connectivity index (χ0) is 11.0. The fraction of sp³-hybridized carbons (Fsp3) is 1.00. The van der Waals surface area contributed by atoms with Gasteiger partial charge in [-0.15, -0.1) is 0 Å². The van der Waals surface area contributed by atoms with Gasteiger partial charge in [-0.05, 0) is 0 Å². The number of hydrogen-bond acceptors (Lipinski definition) is 5. The lowest BCUT2D eigenvalue weighted by molar-refractivity contribution is 0.0679. The maximum absolute atomic E-state index is 11.2. The number of sulfonamides is 1. The van der Waals surface area contributed by atoms with Crippen LogP contribution in [0.15, 0.2) is 0 Å². The molecule has 0 aliphatic carbocycles. The van der Waals surface area contributed by atoms with Gasteiger partial charge in [-0.25, -0.2) is 13.1 Å². The molecule has 0 aromatic carbocycles. The average molecular weight is 227 g/mol. The second kappa shape index (κ2) is 7.13. The summed E-state index contributed by atoms with van der Waals surface area (Å²) in [7, 11) is -0.489. The van der Waals surface area contributed by atoms with E-state index in [2.05, 4.69) is 14.2 Å². The van der Waals surface area contributed by atoms with Gasteiger partial charge in [0.25, 0.3) is 0 Å². The number of aliphatic hydroxyl groups excluding tert-OH is 1. The van der Waals surface area contributed by atoms with Gasteiger partial charge in [0.1, 0.15) is 0 Å². The predicted octanol–water partition coefficient (Wildman–Crippen LogP) is -1.44. The summed E-state index contributed by atoms with van der Waals surface area (Å²) in [6.07, 6.45) is -0.822. The largest absolute Gasteiger partial charge is 0.389 e. The fourth-order valence-corrected chi connectivity index (χ4v) is 1.72. The monoisotopic (exact) mass is 227 g/mol. The molecular formula is C7H17NO5S. The first-order chi connectivity index (χ1) is 6.52. The van der Waals surface area contributed by atoms with Crippen LogP contribution in [-0.2, 0) is 19.5 Å². The van der Waals surface area contributed by atoms with Gasteiger partial charge in [0.05, 0.1) is 25.1 Å². The Morgan fingerprint density at radius 1 is 1.36 bits per heavy atom. The van der Waals surface area contributed by atoms with Gasteiger partial charge in [0.2, 0.25) is 10.0 Å². The summed E-state index contributed by atoms with van der Waals surface area (Å²) in [6.45, 7) is 0.197. The summed E-state index contributed by atoms with van der Waals surface area (Å²) in [5.74, 6) is -0.108. The Hall–Kier alpha value is -0.210. The molecule has 0 aliphatic rings. The van der Waals surface area contributed by atoms with E-state index in [1.165, 1.54) is 14.2 Å². The number of aliphatic hydroxyl groups is 1. The van der Waals surface area contributed by atoms with E-state index in [1.807, 2.05) is 0 Å². The molecule has 86 valence electrons. The van der Waals surface area contributed by atoms with Crippen molar-refractivity contribution in [1.82, 2.24) is 4.72 Å². The van der Waals surface area contributed by atoms with Crippen LogP contribution in [0.1, 0.15) is 0 Å². The van der Waals surface area contributed by atoms with E-state index in [0.29, 0.717) is 0 Å². The van der Waals surface area contributed by atoms with Crippen molar-refractivity contribution in [3.8, 4) is 0 Å². The Morgan fingerprint density at radius 3 is 2.50 bits per heavy atom. The maximum atomic E-state index is 11.2. The molecular weight excluding hydrogens is 210 g/mol. The first kappa shape index (κ1) is 13.8.